The van der Waals surface area contributed by atoms with E-state index in [1.165, 1.54) is 13.0 Å². The number of aryl methyl sites for hydroxylation is 1. The Morgan fingerprint density at radius 1 is 1.48 bits per heavy atom. The molecule has 0 aliphatic carbocycles. The Kier molecular flexibility index (Phi) is 4.26. The molecule has 10 heteroatoms. The molecule has 7 nitrogen and oxygen atoms in total. The van der Waals surface area contributed by atoms with Crippen molar-refractivity contribution >= 4 is 49.2 Å². The Hall–Kier alpha value is -1.58. The number of anilines is 1. The van der Waals surface area contributed by atoms with Gasteiger partial charge >= 0.3 is 5.97 Å². The molecule has 1 aromatic carbocycles. The van der Waals surface area contributed by atoms with Crippen LogP contribution in [0.1, 0.15) is 16.2 Å². The molecule has 2 aromatic rings. The SMILES string of the molecule is Cc1[nH]nc(C(=O)O)c1S(=O)(=O)Nc1cccc(Cl)c1Br. The van der Waals surface area contributed by atoms with Gasteiger partial charge in [-0.05, 0) is 35.0 Å². The van der Waals surface area contributed by atoms with E-state index in [2.05, 4.69) is 30.8 Å². The summed E-state index contributed by atoms with van der Waals surface area (Å²) in [5.74, 6) is -1.44. The lowest BCUT2D eigenvalue weighted by atomic mass is 10.3. The average molecular weight is 395 g/mol. The number of nitrogens with zero attached hydrogens (tertiary/aromatic N) is 1. The van der Waals surface area contributed by atoms with Gasteiger partial charge in [0.1, 0.15) is 4.90 Å². The zero-order valence-corrected chi connectivity index (χ0v) is 13.7. The predicted molar refractivity (Wildman–Crippen MR) is 80.2 cm³/mol. The van der Waals surface area contributed by atoms with Crippen LogP contribution in [0.2, 0.25) is 5.02 Å². The van der Waals surface area contributed by atoms with Gasteiger partial charge < -0.3 is 5.11 Å². The van der Waals surface area contributed by atoms with E-state index in [0.717, 1.165) is 0 Å². The number of hydrogen-bond donors (Lipinski definition) is 3. The van der Waals surface area contributed by atoms with E-state index in [-0.39, 0.29) is 11.4 Å². The van der Waals surface area contributed by atoms with Gasteiger partial charge in [0.05, 0.1) is 20.9 Å². The molecule has 0 radical (unpaired) electrons. The van der Waals surface area contributed by atoms with Crippen molar-refractivity contribution in [2.75, 3.05) is 4.72 Å². The van der Waals surface area contributed by atoms with Gasteiger partial charge in [-0.3, -0.25) is 9.82 Å². The lowest BCUT2D eigenvalue weighted by molar-refractivity contribution is 0.0686. The topological polar surface area (TPSA) is 112 Å². The van der Waals surface area contributed by atoms with E-state index in [1.807, 2.05) is 0 Å². The van der Waals surface area contributed by atoms with Crippen LogP contribution in [0, 0.1) is 6.92 Å². The summed E-state index contributed by atoms with van der Waals surface area (Å²) in [5, 5.41) is 15.1. The van der Waals surface area contributed by atoms with Crippen molar-refractivity contribution in [3.63, 3.8) is 0 Å². The number of carboxylic acid groups (broad SMARTS) is 1. The third-order valence-corrected chi connectivity index (χ3v) is 5.48. The molecular formula is C11H9BrClN3O4S. The normalized spacial score (nSPS) is 11.4. The zero-order valence-electron chi connectivity index (χ0n) is 10.5. The fourth-order valence-electron chi connectivity index (χ4n) is 1.67. The monoisotopic (exact) mass is 393 g/mol. The van der Waals surface area contributed by atoms with Gasteiger partial charge in [-0.25, -0.2) is 13.2 Å². The zero-order chi connectivity index (χ0) is 15.8. The second-order valence-electron chi connectivity index (χ2n) is 4.04. The Balaban J connectivity index is 2.51. The molecule has 1 aromatic heterocycles. The molecule has 0 aliphatic rings. The molecule has 0 aliphatic heterocycles. The molecule has 3 N–H and O–H groups in total. The van der Waals surface area contributed by atoms with Gasteiger partial charge in [0, 0.05) is 0 Å². The Bertz CT molecular complexity index is 819. The van der Waals surface area contributed by atoms with Crippen LogP contribution in [-0.4, -0.2) is 29.7 Å². The maximum absolute atomic E-state index is 12.4. The summed E-state index contributed by atoms with van der Waals surface area (Å²) in [5.41, 5.74) is -0.254. The van der Waals surface area contributed by atoms with Gasteiger partial charge in [0.2, 0.25) is 0 Å². The maximum Gasteiger partial charge on any atom is 0.357 e. The molecule has 21 heavy (non-hydrogen) atoms. The number of hydrogen-bond acceptors (Lipinski definition) is 4. The average Bonchev–Trinajstić information content (AvgIpc) is 2.78. The highest BCUT2D eigenvalue weighted by Crippen LogP contribution is 2.32. The third kappa shape index (κ3) is 3.04. The van der Waals surface area contributed by atoms with Crippen LogP contribution < -0.4 is 4.72 Å². The molecule has 2 rings (SSSR count). The van der Waals surface area contributed by atoms with E-state index < -0.39 is 26.6 Å². The van der Waals surface area contributed by atoms with Crippen LogP contribution in [0.15, 0.2) is 27.6 Å². The van der Waals surface area contributed by atoms with Crippen LogP contribution in [-0.2, 0) is 10.0 Å². The number of benzene rings is 1. The Morgan fingerprint density at radius 3 is 2.76 bits per heavy atom. The number of aromatic carboxylic acids is 1. The Morgan fingerprint density at radius 2 is 2.14 bits per heavy atom. The first-order valence-electron chi connectivity index (χ1n) is 5.49. The fraction of sp³-hybridized carbons (Fsp3) is 0.0909. The van der Waals surface area contributed by atoms with Gasteiger partial charge in [-0.2, -0.15) is 5.10 Å². The molecule has 0 fully saturated rings. The minimum atomic E-state index is -4.13. The van der Waals surface area contributed by atoms with Crippen molar-refractivity contribution in [2.45, 2.75) is 11.8 Å². The van der Waals surface area contributed by atoms with Gasteiger partial charge in [0.25, 0.3) is 10.0 Å². The smallest absolute Gasteiger partial charge is 0.357 e. The summed E-state index contributed by atoms with van der Waals surface area (Å²) < 4.78 is 27.4. The molecule has 0 bridgehead atoms. The van der Waals surface area contributed by atoms with Gasteiger partial charge in [-0.15, -0.1) is 0 Å². The molecule has 0 spiro atoms. The maximum atomic E-state index is 12.4. The number of H-pyrrole nitrogens is 1. The summed E-state index contributed by atoms with van der Waals surface area (Å²) in [7, 11) is -4.13. The largest absolute Gasteiger partial charge is 0.476 e. The van der Waals surface area contributed by atoms with Gasteiger partial charge in [0.15, 0.2) is 5.69 Å². The van der Waals surface area contributed by atoms with Crippen LogP contribution >= 0.6 is 27.5 Å². The van der Waals surface area contributed by atoms with Gasteiger partial charge in [-0.1, -0.05) is 17.7 Å². The van der Waals surface area contributed by atoms with E-state index in [1.54, 1.807) is 12.1 Å². The third-order valence-electron chi connectivity index (χ3n) is 2.56. The molecule has 0 saturated heterocycles. The highest BCUT2D eigenvalue weighted by Gasteiger charge is 2.28. The van der Waals surface area contributed by atoms with Crippen molar-refractivity contribution < 1.29 is 18.3 Å². The number of nitrogens with one attached hydrogen (secondary N) is 2. The fourth-order valence-corrected chi connectivity index (χ4v) is 3.74. The summed E-state index contributed by atoms with van der Waals surface area (Å²) in [6, 6.07) is 4.63. The summed E-state index contributed by atoms with van der Waals surface area (Å²) in [6.45, 7) is 1.42. The van der Waals surface area contributed by atoms with Crippen LogP contribution in [0.3, 0.4) is 0 Å². The lowest BCUT2D eigenvalue weighted by Crippen LogP contribution is -2.17. The van der Waals surface area contributed by atoms with E-state index >= 15 is 0 Å². The molecular weight excluding hydrogens is 386 g/mol. The second kappa shape index (κ2) is 5.66. The number of carboxylic acids is 1. The molecule has 0 saturated carbocycles. The number of halogens is 2. The molecule has 0 unspecified atom stereocenters. The van der Waals surface area contributed by atoms with Crippen molar-refractivity contribution in [2.24, 2.45) is 0 Å². The molecule has 0 atom stereocenters. The molecule has 1 heterocycles. The number of carbonyl (C=O) groups is 1. The lowest BCUT2D eigenvalue weighted by Gasteiger charge is -2.10. The molecule has 0 amide bonds. The van der Waals surface area contributed by atoms with Crippen molar-refractivity contribution in [1.29, 1.82) is 0 Å². The summed E-state index contributed by atoms with van der Waals surface area (Å²) in [4.78, 5) is 10.6. The second-order valence-corrected chi connectivity index (χ2v) is 6.86. The Labute approximate surface area is 133 Å². The summed E-state index contributed by atoms with van der Waals surface area (Å²) >= 11 is 9.05. The highest BCUT2D eigenvalue weighted by atomic mass is 79.9. The summed E-state index contributed by atoms with van der Waals surface area (Å²) in [6.07, 6.45) is 0. The van der Waals surface area contributed by atoms with Crippen LogP contribution in [0.25, 0.3) is 0 Å². The van der Waals surface area contributed by atoms with Crippen molar-refractivity contribution in [1.82, 2.24) is 10.2 Å². The standard InChI is InChI=1S/C11H9BrClN3O4S/c1-5-10(9(11(17)18)15-14-5)21(19,20)16-7-4-2-3-6(13)8(7)12/h2-4,16H,1H3,(H,14,15)(H,17,18). The number of aromatic nitrogens is 2. The van der Waals surface area contributed by atoms with E-state index in [9.17, 15) is 13.2 Å². The van der Waals surface area contributed by atoms with E-state index in [4.69, 9.17) is 16.7 Å². The van der Waals surface area contributed by atoms with Crippen LogP contribution in [0.5, 0.6) is 0 Å². The predicted octanol–water partition coefficient (Wildman–Crippen LogP) is 2.63. The highest BCUT2D eigenvalue weighted by molar-refractivity contribution is 9.10. The number of sulfonamides is 1. The van der Waals surface area contributed by atoms with Crippen LogP contribution in [0.4, 0.5) is 5.69 Å². The first-order chi connectivity index (χ1) is 9.74. The quantitative estimate of drug-likeness (QED) is 0.738. The minimum absolute atomic E-state index is 0.123. The number of aromatic amines is 1. The first-order valence-corrected chi connectivity index (χ1v) is 8.14. The number of rotatable bonds is 4. The first kappa shape index (κ1) is 15.8. The van der Waals surface area contributed by atoms with Crippen molar-refractivity contribution in [3.8, 4) is 0 Å². The molecule has 112 valence electrons. The minimum Gasteiger partial charge on any atom is -0.476 e. The van der Waals surface area contributed by atoms with E-state index in [0.29, 0.717) is 9.50 Å². The van der Waals surface area contributed by atoms with Crippen molar-refractivity contribution in [3.05, 3.63) is 39.1 Å².